The monoisotopic (exact) mass is 350 g/mol. The Morgan fingerprint density at radius 2 is 1.77 bits per heavy atom. The summed E-state index contributed by atoms with van der Waals surface area (Å²) in [5, 5.41) is 5.64. The molecule has 6 heteroatoms. The van der Waals surface area contributed by atoms with Crippen molar-refractivity contribution in [2.45, 2.75) is 6.42 Å². The number of hydrogen-bond donors (Lipinski definition) is 0. The number of amides is 1. The fraction of sp³-hybridized carbons (Fsp3) is 0.150. The average molecular weight is 350 g/mol. The molecule has 0 aromatic heterocycles. The van der Waals surface area contributed by atoms with E-state index in [4.69, 9.17) is 9.47 Å². The molecule has 0 atom stereocenters. The van der Waals surface area contributed by atoms with Gasteiger partial charge in [-0.1, -0.05) is 30.3 Å². The number of anilines is 1. The second-order valence-electron chi connectivity index (χ2n) is 5.58. The number of ether oxygens (including phenoxy) is 2. The highest BCUT2D eigenvalue weighted by atomic mass is 16.5. The zero-order valence-electron chi connectivity index (χ0n) is 14.5. The maximum absolute atomic E-state index is 12.9. The smallest absolute Gasteiger partial charge is 0.311 e. The highest BCUT2D eigenvalue weighted by Gasteiger charge is 2.32. The van der Waals surface area contributed by atoms with Crippen LogP contribution in [0.1, 0.15) is 12.0 Å². The largest absolute Gasteiger partial charge is 0.497 e. The van der Waals surface area contributed by atoms with Crippen molar-refractivity contribution in [2.24, 2.45) is 5.10 Å². The molecule has 2 aromatic rings. The maximum Gasteiger partial charge on any atom is 0.311 e. The summed E-state index contributed by atoms with van der Waals surface area (Å²) in [6.07, 6.45) is 1.64. The van der Waals surface area contributed by atoms with Gasteiger partial charge < -0.3 is 9.47 Å². The highest BCUT2D eigenvalue weighted by Crippen LogP contribution is 2.26. The van der Waals surface area contributed by atoms with Crippen molar-refractivity contribution in [1.82, 2.24) is 0 Å². The lowest BCUT2D eigenvalue weighted by atomic mass is 10.0. The summed E-state index contributed by atoms with van der Waals surface area (Å²) in [6.45, 7) is 0. The van der Waals surface area contributed by atoms with Crippen LogP contribution in [-0.2, 0) is 14.3 Å². The third-order valence-corrected chi connectivity index (χ3v) is 3.92. The van der Waals surface area contributed by atoms with E-state index in [0.29, 0.717) is 17.0 Å². The number of para-hydroxylation sites is 1. The Morgan fingerprint density at radius 1 is 1.08 bits per heavy atom. The van der Waals surface area contributed by atoms with Gasteiger partial charge in [0.2, 0.25) is 0 Å². The first-order valence-corrected chi connectivity index (χ1v) is 8.02. The van der Waals surface area contributed by atoms with E-state index >= 15 is 0 Å². The normalized spacial score (nSPS) is 15.2. The fourth-order valence-electron chi connectivity index (χ4n) is 2.55. The molecule has 1 aliphatic heterocycles. The Morgan fingerprint density at radius 3 is 2.38 bits per heavy atom. The second kappa shape index (κ2) is 7.65. The molecule has 26 heavy (non-hydrogen) atoms. The number of hydrazone groups is 1. The minimum Gasteiger partial charge on any atom is -0.497 e. The van der Waals surface area contributed by atoms with Crippen LogP contribution >= 0.6 is 0 Å². The van der Waals surface area contributed by atoms with Gasteiger partial charge in [0, 0.05) is 0 Å². The Balaban J connectivity index is 1.97. The van der Waals surface area contributed by atoms with E-state index in [-0.39, 0.29) is 12.3 Å². The van der Waals surface area contributed by atoms with E-state index in [1.807, 2.05) is 30.3 Å². The Bertz CT molecular complexity index is 870. The average Bonchev–Trinajstić information content (AvgIpc) is 2.98. The second-order valence-corrected chi connectivity index (χ2v) is 5.58. The van der Waals surface area contributed by atoms with Crippen LogP contribution in [0.5, 0.6) is 5.75 Å². The molecule has 0 fully saturated rings. The first-order valence-electron chi connectivity index (χ1n) is 8.02. The van der Waals surface area contributed by atoms with Crippen LogP contribution < -0.4 is 9.75 Å². The van der Waals surface area contributed by atoms with Gasteiger partial charge in [-0.2, -0.15) is 10.1 Å². The summed E-state index contributed by atoms with van der Waals surface area (Å²) < 4.78 is 9.87. The molecule has 0 spiro atoms. The van der Waals surface area contributed by atoms with Gasteiger partial charge in [-0.3, -0.25) is 9.59 Å². The van der Waals surface area contributed by atoms with Crippen molar-refractivity contribution < 1.29 is 19.1 Å². The Hall–Kier alpha value is -3.41. The van der Waals surface area contributed by atoms with Gasteiger partial charge in [-0.25, -0.2) is 0 Å². The quantitative estimate of drug-likeness (QED) is 0.614. The minimum absolute atomic E-state index is 0.0758. The lowest BCUT2D eigenvalue weighted by molar-refractivity contribution is -0.139. The number of nitrogens with zero attached hydrogens (tertiary/aromatic N) is 2. The van der Waals surface area contributed by atoms with Gasteiger partial charge in [0.05, 0.1) is 37.6 Å². The summed E-state index contributed by atoms with van der Waals surface area (Å²) in [5.74, 6) is -0.0164. The number of esters is 1. The minimum atomic E-state index is -0.452. The summed E-state index contributed by atoms with van der Waals surface area (Å²) in [4.78, 5) is 24.6. The maximum atomic E-state index is 12.9. The van der Waals surface area contributed by atoms with Gasteiger partial charge in [0.1, 0.15) is 5.75 Å². The van der Waals surface area contributed by atoms with Crippen molar-refractivity contribution in [3.63, 3.8) is 0 Å². The van der Waals surface area contributed by atoms with Gasteiger partial charge >= 0.3 is 5.97 Å². The molecular formula is C20H18N2O4. The standard InChI is InChI=1S/C20H18N2O4/c1-25-16-10-8-14(9-11-16)12-17-18(13-19(23)26-2)21-22(20(17)24)15-6-4-3-5-7-15/h3-12H,13H2,1-2H3/b17-12-. The number of methoxy groups -OCH3 is 2. The van der Waals surface area contributed by atoms with Crippen LogP contribution in [0.4, 0.5) is 5.69 Å². The van der Waals surface area contributed by atoms with Gasteiger partial charge in [-0.05, 0) is 35.9 Å². The topological polar surface area (TPSA) is 68.2 Å². The van der Waals surface area contributed by atoms with E-state index in [1.54, 1.807) is 37.5 Å². The van der Waals surface area contributed by atoms with E-state index < -0.39 is 5.97 Å². The summed E-state index contributed by atoms with van der Waals surface area (Å²) >= 11 is 0. The lowest BCUT2D eigenvalue weighted by Crippen LogP contribution is -2.21. The molecular weight excluding hydrogens is 332 g/mol. The Labute approximate surface area is 151 Å². The predicted octanol–water partition coefficient (Wildman–Crippen LogP) is 3.04. The molecule has 1 heterocycles. The molecule has 6 nitrogen and oxygen atoms in total. The van der Waals surface area contributed by atoms with Crippen molar-refractivity contribution >= 4 is 29.4 Å². The van der Waals surface area contributed by atoms with Crippen molar-refractivity contribution in [3.8, 4) is 5.75 Å². The molecule has 0 saturated heterocycles. The summed E-state index contributed by atoms with van der Waals surface area (Å²) in [6, 6.07) is 16.3. The molecule has 132 valence electrons. The van der Waals surface area contributed by atoms with Crippen molar-refractivity contribution in [1.29, 1.82) is 0 Å². The number of benzene rings is 2. The van der Waals surface area contributed by atoms with Crippen molar-refractivity contribution in [2.75, 3.05) is 19.2 Å². The fourth-order valence-corrected chi connectivity index (χ4v) is 2.55. The molecule has 1 aliphatic rings. The summed E-state index contributed by atoms with van der Waals surface area (Å²) in [5.41, 5.74) is 2.19. The zero-order valence-corrected chi connectivity index (χ0v) is 14.5. The molecule has 1 amide bonds. The SMILES string of the molecule is COC(=O)CC1=NN(c2ccccc2)C(=O)/C1=C\c1ccc(OC)cc1. The number of hydrogen-bond acceptors (Lipinski definition) is 5. The van der Waals surface area contributed by atoms with E-state index in [1.165, 1.54) is 12.1 Å². The molecule has 0 unspecified atom stereocenters. The summed E-state index contributed by atoms with van der Waals surface area (Å²) in [7, 11) is 2.90. The van der Waals surface area contributed by atoms with Gasteiger partial charge in [0.15, 0.2) is 0 Å². The molecule has 3 rings (SSSR count). The number of carbonyl (C=O) groups excluding carboxylic acids is 2. The zero-order chi connectivity index (χ0) is 18.5. The molecule has 0 saturated carbocycles. The van der Waals surface area contributed by atoms with Crippen LogP contribution in [0, 0.1) is 0 Å². The Kier molecular flexibility index (Phi) is 5.12. The molecule has 0 radical (unpaired) electrons. The van der Waals surface area contributed by atoms with E-state index in [9.17, 15) is 9.59 Å². The van der Waals surface area contributed by atoms with E-state index in [2.05, 4.69) is 5.10 Å². The van der Waals surface area contributed by atoms with Gasteiger partial charge in [0.25, 0.3) is 5.91 Å². The number of rotatable bonds is 5. The lowest BCUT2D eigenvalue weighted by Gasteiger charge is -2.11. The molecule has 0 bridgehead atoms. The van der Waals surface area contributed by atoms with Crippen LogP contribution in [0.3, 0.4) is 0 Å². The van der Waals surface area contributed by atoms with Crippen LogP contribution in [-0.4, -0.2) is 31.8 Å². The highest BCUT2D eigenvalue weighted by molar-refractivity contribution is 6.34. The third-order valence-electron chi connectivity index (χ3n) is 3.92. The number of carbonyl (C=O) groups is 2. The van der Waals surface area contributed by atoms with Crippen molar-refractivity contribution in [3.05, 3.63) is 65.7 Å². The van der Waals surface area contributed by atoms with Crippen LogP contribution in [0.25, 0.3) is 6.08 Å². The van der Waals surface area contributed by atoms with Crippen LogP contribution in [0.2, 0.25) is 0 Å². The van der Waals surface area contributed by atoms with E-state index in [0.717, 1.165) is 11.3 Å². The van der Waals surface area contributed by atoms with Gasteiger partial charge in [-0.15, -0.1) is 0 Å². The van der Waals surface area contributed by atoms with Crippen LogP contribution in [0.15, 0.2) is 65.3 Å². The third kappa shape index (κ3) is 3.64. The first-order chi connectivity index (χ1) is 12.6. The molecule has 0 N–H and O–H groups in total. The molecule has 0 aliphatic carbocycles. The predicted molar refractivity (Wildman–Crippen MR) is 99.0 cm³/mol. The first kappa shape index (κ1) is 17.4. The molecule has 2 aromatic carbocycles.